The molecule has 1 aromatic rings. The molecule has 94 valence electrons. The summed E-state index contributed by atoms with van der Waals surface area (Å²) in [6, 6.07) is 4.58. The first-order chi connectivity index (χ1) is 8.09. The molecule has 4 heteroatoms. The van der Waals surface area contributed by atoms with Gasteiger partial charge in [0.2, 0.25) is 0 Å². The first kappa shape index (κ1) is 12.5. The smallest absolute Gasteiger partial charge is 0.159 e. The normalized spacial score (nSPS) is 22.1. The molecular weight excluding hydrogens is 222 g/mol. The molecule has 0 spiro atoms. The van der Waals surface area contributed by atoms with Gasteiger partial charge in [0.05, 0.1) is 0 Å². The van der Waals surface area contributed by atoms with E-state index in [4.69, 9.17) is 0 Å². The van der Waals surface area contributed by atoms with E-state index in [2.05, 4.69) is 10.2 Å². The van der Waals surface area contributed by atoms with Gasteiger partial charge in [-0.3, -0.25) is 0 Å². The van der Waals surface area contributed by atoms with Crippen LogP contribution in [0.25, 0.3) is 0 Å². The molecule has 0 bridgehead atoms. The van der Waals surface area contributed by atoms with Crippen LogP contribution in [0.5, 0.6) is 0 Å². The molecule has 1 aliphatic rings. The second-order valence-corrected chi connectivity index (χ2v) is 4.78. The molecule has 17 heavy (non-hydrogen) atoms. The van der Waals surface area contributed by atoms with Gasteiger partial charge in [-0.1, -0.05) is 6.07 Å². The Bertz CT molecular complexity index is 387. The van der Waals surface area contributed by atoms with Gasteiger partial charge in [-0.25, -0.2) is 8.78 Å². The Balaban J connectivity index is 2.28. The molecule has 2 unspecified atom stereocenters. The van der Waals surface area contributed by atoms with E-state index in [0.717, 1.165) is 24.9 Å². The molecule has 2 nitrogen and oxygen atoms in total. The van der Waals surface area contributed by atoms with E-state index in [0.29, 0.717) is 6.04 Å². The Hall–Kier alpha value is -1.00. The first-order valence-corrected chi connectivity index (χ1v) is 5.94. The standard InChI is InChI=1S/C13H18F2N2/c1-17(2)13(12-4-3-7-16-12)9-5-6-10(14)11(15)8-9/h5-6,8,12-13,16H,3-4,7H2,1-2H3. The van der Waals surface area contributed by atoms with Crippen LogP contribution in [0, 0.1) is 11.6 Å². The second-order valence-electron chi connectivity index (χ2n) is 4.78. The highest BCUT2D eigenvalue weighted by atomic mass is 19.2. The maximum absolute atomic E-state index is 13.3. The Morgan fingerprint density at radius 2 is 2.06 bits per heavy atom. The molecule has 0 radical (unpaired) electrons. The number of halogens is 2. The lowest BCUT2D eigenvalue weighted by Crippen LogP contribution is -2.37. The van der Waals surface area contributed by atoms with Crippen LogP contribution >= 0.6 is 0 Å². The van der Waals surface area contributed by atoms with Crippen LogP contribution in [0.3, 0.4) is 0 Å². The summed E-state index contributed by atoms with van der Waals surface area (Å²) in [5.41, 5.74) is 0.827. The van der Waals surface area contributed by atoms with Crippen LogP contribution in [-0.4, -0.2) is 31.6 Å². The minimum Gasteiger partial charge on any atom is -0.312 e. The fraction of sp³-hybridized carbons (Fsp3) is 0.538. The minimum atomic E-state index is -0.786. The fourth-order valence-corrected chi connectivity index (χ4v) is 2.57. The summed E-state index contributed by atoms with van der Waals surface area (Å²) in [6.45, 7) is 0.999. The largest absolute Gasteiger partial charge is 0.312 e. The number of nitrogens with one attached hydrogen (secondary N) is 1. The highest BCUT2D eigenvalue weighted by molar-refractivity contribution is 5.23. The van der Waals surface area contributed by atoms with E-state index in [1.54, 1.807) is 6.07 Å². The molecule has 1 aromatic carbocycles. The third kappa shape index (κ3) is 2.64. The molecule has 1 aliphatic heterocycles. The number of rotatable bonds is 3. The highest BCUT2D eigenvalue weighted by Crippen LogP contribution is 2.28. The summed E-state index contributed by atoms with van der Waals surface area (Å²) < 4.78 is 26.2. The van der Waals surface area contributed by atoms with Crippen molar-refractivity contribution in [1.82, 2.24) is 10.2 Å². The van der Waals surface area contributed by atoms with Gasteiger partial charge < -0.3 is 10.2 Å². The van der Waals surface area contributed by atoms with E-state index in [1.807, 2.05) is 14.1 Å². The molecule has 2 rings (SSSR count). The average molecular weight is 240 g/mol. The number of hydrogen-bond acceptors (Lipinski definition) is 2. The minimum absolute atomic E-state index is 0.0904. The monoisotopic (exact) mass is 240 g/mol. The molecule has 0 saturated carbocycles. The lowest BCUT2D eigenvalue weighted by molar-refractivity contribution is 0.243. The van der Waals surface area contributed by atoms with Gasteiger partial charge in [0.1, 0.15) is 0 Å². The van der Waals surface area contributed by atoms with Crippen LogP contribution in [0.4, 0.5) is 8.78 Å². The Morgan fingerprint density at radius 3 is 2.59 bits per heavy atom. The van der Waals surface area contributed by atoms with Crippen LogP contribution in [0.1, 0.15) is 24.4 Å². The summed E-state index contributed by atoms with van der Waals surface area (Å²) in [5, 5.41) is 3.41. The SMILES string of the molecule is CN(C)C(c1ccc(F)c(F)c1)C1CCCN1. The third-order valence-electron chi connectivity index (χ3n) is 3.32. The van der Waals surface area contributed by atoms with E-state index in [-0.39, 0.29) is 6.04 Å². The molecule has 1 heterocycles. The molecule has 1 fully saturated rings. The van der Waals surface area contributed by atoms with E-state index in [9.17, 15) is 8.78 Å². The Kier molecular flexibility index (Phi) is 3.74. The molecule has 2 atom stereocenters. The highest BCUT2D eigenvalue weighted by Gasteiger charge is 2.28. The second kappa shape index (κ2) is 5.10. The van der Waals surface area contributed by atoms with E-state index in [1.165, 1.54) is 12.1 Å². The van der Waals surface area contributed by atoms with Gasteiger partial charge in [0.15, 0.2) is 11.6 Å². The van der Waals surface area contributed by atoms with Crippen molar-refractivity contribution in [3.8, 4) is 0 Å². The molecular formula is C13H18F2N2. The maximum Gasteiger partial charge on any atom is 0.159 e. The van der Waals surface area contributed by atoms with Gasteiger partial charge >= 0.3 is 0 Å². The zero-order chi connectivity index (χ0) is 12.4. The van der Waals surface area contributed by atoms with Crippen LogP contribution < -0.4 is 5.32 Å². The summed E-state index contributed by atoms with van der Waals surface area (Å²) in [4.78, 5) is 2.05. The van der Waals surface area contributed by atoms with Gasteiger partial charge in [-0.15, -0.1) is 0 Å². The molecule has 1 saturated heterocycles. The third-order valence-corrected chi connectivity index (χ3v) is 3.32. The van der Waals surface area contributed by atoms with Crippen molar-refractivity contribution >= 4 is 0 Å². The van der Waals surface area contributed by atoms with Crippen molar-refractivity contribution < 1.29 is 8.78 Å². The van der Waals surface area contributed by atoms with Gasteiger partial charge in [0.25, 0.3) is 0 Å². The molecule has 0 amide bonds. The van der Waals surface area contributed by atoms with Crippen molar-refractivity contribution in [2.45, 2.75) is 24.9 Å². The average Bonchev–Trinajstić information content (AvgIpc) is 2.76. The molecule has 1 N–H and O–H groups in total. The van der Waals surface area contributed by atoms with Crippen LogP contribution in [0.2, 0.25) is 0 Å². The van der Waals surface area contributed by atoms with E-state index >= 15 is 0 Å². The number of nitrogens with zero attached hydrogens (tertiary/aromatic N) is 1. The maximum atomic E-state index is 13.3. The van der Waals surface area contributed by atoms with Gasteiger partial charge in [-0.2, -0.15) is 0 Å². The lowest BCUT2D eigenvalue weighted by atomic mass is 9.97. The summed E-state index contributed by atoms with van der Waals surface area (Å²) in [6.07, 6.45) is 2.21. The van der Waals surface area contributed by atoms with E-state index < -0.39 is 11.6 Å². The van der Waals surface area contributed by atoms with Gasteiger partial charge in [0, 0.05) is 12.1 Å². The van der Waals surface area contributed by atoms with Crippen molar-refractivity contribution in [3.05, 3.63) is 35.4 Å². The van der Waals surface area contributed by atoms with Crippen LogP contribution in [0.15, 0.2) is 18.2 Å². The van der Waals surface area contributed by atoms with Crippen molar-refractivity contribution in [2.75, 3.05) is 20.6 Å². The Labute approximate surface area is 101 Å². The zero-order valence-corrected chi connectivity index (χ0v) is 10.2. The van der Waals surface area contributed by atoms with Crippen molar-refractivity contribution in [1.29, 1.82) is 0 Å². The molecule has 0 aromatic heterocycles. The Morgan fingerprint density at radius 1 is 1.29 bits per heavy atom. The quantitative estimate of drug-likeness (QED) is 0.872. The summed E-state index contributed by atoms with van der Waals surface area (Å²) >= 11 is 0. The predicted octanol–water partition coefficient (Wildman–Crippen LogP) is 2.32. The lowest BCUT2D eigenvalue weighted by Gasteiger charge is -2.30. The van der Waals surface area contributed by atoms with Crippen LogP contribution in [-0.2, 0) is 0 Å². The predicted molar refractivity (Wildman–Crippen MR) is 63.8 cm³/mol. The zero-order valence-electron chi connectivity index (χ0n) is 10.2. The number of likely N-dealkylation sites (N-methyl/N-ethyl adjacent to an activating group) is 1. The first-order valence-electron chi connectivity index (χ1n) is 5.94. The van der Waals surface area contributed by atoms with Gasteiger partial charge in [-0.05, 0) is 51.2 Å². The summed E-state index contributed by atoms with van der Waals surface area (Å²) in [7, 11) is 3.93. The van der Waals surface area contributed by atoms with Crippen molar-refractivity contribution in [2.24, 2.45) is 0 Å². The fourth-order valence-electron chi connectivity index (χ4n) is 2.57. The topological polar surface area (TPSA) is 15.3 Å². The van der Waals surface area contributed by atoms with Crippen molar-refractivity contribution in [3.63, 3.8) is 0 Å². The summed E-state index contributed by atoms with van der Waals surface area (Å²) in [5.74, 6) is -1.56. The molecule has 0 aliphatic carbocycles. The number of benzene rings is 1. The number of hydrogen-bond donors (Lipinski definition) is 1.